The van der Waals surface area contributed by atoms with Crippen LogP contribution in [0.25, 0.3) is 17.0 Å². The zero-order valence-corrected chi connectivity index (χ0v) is 17.2. The Balaban J connectivity index is 1.55. The maximum atomic E-state index is 6.51. The number of aromatic nitrogens is 4. The number of ether oxygens (including phenoxy) is 2. The number of benzene rings is 2. The molecule has 2 aromatic carbocycles. The molecule has 154 valence electrons. The number of hydrogen-bond donors (Lipinski definition) is 1. The van der Waals surface area contributed by atoms with E-state index in [1.165, 1.54) is 10.4 Å². The summed E-state index contributed by atoms with van der Waals surface area (Å²) in [6.45, 7) is 1.53. The van der Waals surface area contributed by atoms with E-state index in [1.807, 2.05) is 18.2 Å². The molecule has 7 nitrogen and oxygen atoms in total. The minimum absolute atomic E-state index is 0.126. The van der Waals surface area contributed by atoms with Gasteiger partial charge in [-0.2, -0.15) is 4.80 Å². The van der Waals surface area contributed by atoms with E-state index in [9.17, 15) is 0 Å². The van der Waals surface area contributed by atoms with Crippen LogP contribution in [0.1, 0.15) is 30.0 Å². The Morgan fingerprint density at radius 3 is 2.83 bits per heavy atom. The third-order valence-electron chi connectivity index (χ3n) is 5.94. The Labute approximate surface area is 175 Å². The van der Waals surface area contributed by atoms with Gasteiger partial charge in [-0.1, -0.05) is 30.3 Å². The van der Waals surface area contributed by atoms with Gasteiger partial charge in [0, 0.05) is 11.1 Å². The minimum atomic E-state index is -0.360. The fourth-order valence-electron chi connectivity index (χ4n) is 4.53. The molecule has 0 bridgehead atoms. The summed E-state index contributed by atoms with van der Waals surface area (Å²) < 4.78 is 12.2. The molecule has 7 heteroatoms. The van der Waals surface area contributed by atoms with Gasteiger partial charge in [-0.3, -0.25) is 0 Å². The van der Waals surface area contributed by atoms with Crippen LogP contribution in [0.3, 0.4) is 0 Å². The highest BCUT2D eigenvalue weighted by atomic mass is 16.5. The predicted molar refractivity (Wildman–Crippen MR) is 114 cm³/mol. The van der Waals surface area contributed by atoms with Crippen molar-refractivity contribution >= 4 is 5.57 Å². The fraction of sp³-hybridized carbons (Fsp3) is 0.348. The third kappa shape index (κ3) is 3.30. The molecule has 0 unspecified atom stereocenters. The van der Waals surface area contributed by atoms with Gasteiger partial charge in [-0.15, -0.1) is 10.2 Å². The van der Waals surface area contributed by atoms with Crippen LogP contribution in [0, 0.1) is 0 Å². The van der Waals surface area contributed by atoms with E-state index in [2.05, 4.69) is 57.1 Å². The number of aryl methyl sites for hydroxylation is 1. The number of methoxy groups -OCH3 is 1. The first kappa shape index (κ1) is 19.0. The quantitative estimate of drug-likeness (QED) is 0.721. The van der Waals surface area contributed by atoms with Crippen molar-refractivity contribution in [2.45, 2.75) is 24.5 Å². The maximum Gasteiger partial charge on any atom is 0.204 e. The molecule has 2 aliphatic heterocycles. The highest BCUT2D eigenvalue weighted by Gasteiger charge is 2.44. The zero-order valence-electron chi connectivity index (χ0n) is 17.2. The third-order valence-corrected chi connectivity index (χ3v) is 5.94. The Morgan fingerprint density at radius 2 is 2.07 bits per heavy atom. The van der Waals surface area contributed by atoms with E-state index < -0.39 is 0 Å². The molecule has 1 N–H and O–H groups in total. The molecule has 0 aliphatic carbocycles. The summed E-state index contributed by atoms with van der Waals surface area (Å²) >= 11 is 0. The maximum absolute atomic E-state index is 6.51. The lowest BCUT2D eigenvalue weighted by molar-refractivity contribution is -0.0255. The molecule has 3 heterocycles. The van der Waals surface area contributed by atoms with Crippen molar-refractivity contribution in [1.82, 2.24) is 25.5 Å². The molecule has 1 saturated heterocycles. The van der Waals surface area contributed by atoms with Gasteiger partial charge in [0.05, 0.1) is 26.8 Å². The van der Waals surface area contributed by atoms with Gasteiger partial charge in [-0.05, 0) is 60.0 Å². The Morgan fingerprint density at radius 1 is 1.20 bits per heavy atom. The monoisotopic (exact) mass is 403 g/mol. The normalized spacial score (nSPS) is 23.5. The summed E-state index contributed by atoms with van der Waals surface area (Å²) in [4.78, 5) is 1.46. The van der Waals surface area contributed by atoms with Gasteiger partial charge in [0.1, 0.15) is 11.4 Å². The highest BCUT2D eigenvalue weighted by molar-refractivity contribution is 5.77. The van der Waals surface area contributed by atoms with E-state index in [-0.39, 0.29) is 11.6 Å². The minimum Gasteiger partial charge on any atom is -0.496 e. The first-order valence-electron chi connectivity index (χ1n) is 10.3. The van der Waals surface area contributed by atoms with Crippen LogP contribution in [0.2, 0.25) is 0 Å². The van der Waals surface area contributed by atoms with Crippen LogP contribution in [-0.2, 0) is 11.8 Å². The Bertz CT molecular complexity index is 1080. The van der Waals surface area contributed by atoms with Gasteiger partial charge in [0.15, 0.2) is 0 Å². The highest BCUT2D eigenvalue weighted by Crippen LogP contribution is 2.45. The predicted octanol–water partition coefficient (Wildman–Crippen LogP) is 3.16. The van der Waals surface area contributed by atoms with E-state index in [0.717, 1.165) is 41.8 Å². The van der Waals surface area contributed by atoms with Crippen molar-refractivity contribution in [1.29, 1.82) is 0 Å². The lowest BCUT2D eigenvalue weighted by atomic mass is 9.81. The molecular weight excluding hydrogens is 378 g/mol. The van der Waals surface area contributed by atoms with Gasteiger partial charge in [-0.25, -0.2) is 0 Å². The molecule has 1 aromatic heterocycles. The molecule has 3 aromatic rings. The van der Waals surface area contributed by atoms with Crippen molar-refractivity contribution in [2.75, 3.05) is 20.3 Å². The summed E-state index contributed by atoms with van der Waals surface area (Å²) in [5, 5.41) is 16.1. The molecule has 0 saturated carbocycles. The van der Waals surface area contributed by atoms with Crippen LogP contribution in [-0.4, -0.2) is 46.1 Å². The number of rotatable bonds is 4. The van der Waals surface area contributed by atoms with E-state index in [4.69, 9.17) is 9.47 Å². The first-order valence-corrected chi connectivity index (χ1v) is 10.3. The van der Waals surface area contributed by atoms with Crippen molar-refractivity contribution in [2.24, 2.45) is 7.05 Å². The average Bonchev–Trinajstić information content (AvgIpc) is 3.41. The number of hydrogen-bond acceptors (Lipinski definition) is 6. The average molecular weight is 403 g/mol. The lowest BCUT2D eigenvalue weighted by Crippen LogP contribution is -2.47. The number of nitrogens with one attached hydrogen (secondary N) is 1. The standard InChI is InChI=1S/C23H25N5O2/c1-28-26-22(25-27-28)17-9-10-20(29-2)19(13-17)18-14-23(30-15-18)11-6-12-24-21(23)16-7-4-3-5-8-16/h3-5,7-10,13-14,21,24H,6,11-12,15H2,1-2H3/t21-,23+/m0/s1. The number of nitrogens with zero attached hydrogens (tertiary/aromatic N) is 4. The molecule has 2 aliphatic rings. The van der Waals surface area contributed by atoms with Crippen LogP contribution >= 0.6 is 0 Å². The molecule has 30 heavy (non-hydrogen) atoms. The van der Waals surface area contributed by atoms with Gasteiger partial charge in [0.25, 0.3) is 0 Å². The van der Waals surface area contributed by atoms with Gasteiger partial charge >= 0.3 is 0 Å². The molecule has 1 fully saturated rings. The first-order chi connectivity index (χ1) is 14.7. The largest absolute Gasteiger partial charge is 0.496 e. The molecule has 5 rings (SSSR count). The SMILES string of the molecule is COc1ccc(-c2nnn(C)n2)cc1C1=C[C@@]2(CCCN[C@H]2c2ccccc2)OC1. The second-order valence-electron chi connectivity index (χ2n) is 7.83. The molecule has 0 amide bonds. The van der Waals surface area contributed by atoms with E-state index in [1.54, 1.807) is 14.2 Å². The Kier molecular flexibility index (Phi) is 4.84. The van der Waals surface area contributed by atoms with E-state index in [0.29, 0.717) is 12.4 Å². The van der Waals surface area contributed by atoms with Crippen LogP contribution in [0.4, 0.5) is 0 Å². The summed E-state index contributed by atoms with van der Waals surface area (Å²) in [5.74, 6) is 1.41. The van der Waals surface area contributed by atoms with Gasteiger partial charge < -0.3 is 14.8 Å². The molecule has 2 atom stereocenters. The lowest BCUT2D eigenvalue weighted by Gasteiger charge is -2.40. The van der Waals surface area contributed by atoms with Crippen LogP contribution in [0.15, 0.2) is 54.6 Å². The number of tetrazole rings is 1. The molecular formula is C23H25N5O2. The van der Waals surface area contributed by atoms with Crippen molar-refractivity contribution in [3.8, 4) is 17.1 Å². The fourth-order valence-corrected chi connectivity index (χ4v) is 4.53. The van der Waals surface area contributed by atoms with Gasteiger partial charge in [0.2, 0.25) is 5.82 Å². The summed E-state index contributed by atoms with van der Waals surface area (Å²) in [6, 6.07) is 16.7. The van der Waals surface area contributed by atoms with Crippen LogP contribution < -0.4 is 10.1 Å². The summed E-state index contributed by atoms with van der Waals surface area (Å²) in [7, 11) is 3.46. The summed E-state index contributed by atoms with van der Waals surface area (Å²) in [5.41, 5.74) is 3.93. The second kappa shape index (κ2) is 7.66. The molecule has 1 spiro atoms. The number of piperidine rings is 1. The second-order valence-corrected chi connectivity index (χ2v) is 7.83. The molecule has 0 radical (unpaired) electrons. The summed E-state index contributed by atoms with van der Waals surface area (Å²) in [6.07, 6.45) is 4.35. The van der Waals surface area contributed by atoms with Crippen molar-refractivity contribution in [3.05, 3.63) is 65.7 Å². The Hall–Kier alpha value is -3.03. The van der Waals surface area contributed by atoms with Crippen molar-refractivity contribution < 1.29 is 9.47 Å². The zero-order chi connectivity index (χ0) is 20.6. The van der Waals surface area contributed by atoms with E-state index >= 15 is 0 Å². The van der Waals surface area contributed by atoms with Crippen LogP contribution in [0.5, 0.6) is 5.75 Å². The van der Waals surface area contributed by atoms with Crippen molar-refractivity contribution in [3.63, 3.8) is 0 Å². The topological polar surface area (TPSA) is 74.1 Å². The smallest absolute Gasteiger partial charge is 0.204 e.